The van der Waals surface area contributed by atoms with Crippen molar-refractivity contribution in [2.75, 3.05) is 0 Å². The van der Waals surface area contributed by atoms with Crippen LogP contribution in [0.4, 0.5) is 0 Å². The zero-order valence-corrected chi connectivity index (χ0v) is 17.1. The summed E-state index contributed by atoms with van der Waals surface area (Å²) in [4.78, 5) is 28.0. The monoisotopic (exact) mass is 399 g/mol. The van der Waals surface area contributed by atoms with Crippen LogP contribution in [0.3, 0.4) is 0 Å². The Morgan fingerprint density at radius 2 is 1.72 bits per heavy atom. The lowest BCUT2D eigenvalue weighted by Crippen LogP contribution is -2.19. The van der Waals surface area contributed by atoms with E-state index in [1.807, 2.05) is 30.3 Å². The van der Waals surface area contributed by atoms with Crippen LogP contribution in [0.15, 0.2) is 42.6 Å². The van der Waals surface area contributed by atoms with Gasteiger partial charge in [-0.3, -0.25) is 0 Å². The number of carboxylic acid groups (broad SMARTS) is 1. The number of esters is 1. The summed E-state index contributed by atoms with van der Waals surface area (Å²) in [6.45, 7) is 4.38. The number of aromatic nitrogens is 1. The minimum atomic E-state index is -1.21. The first kappa shape index (κ1) is 22.4. The van der Waals surface area contributed by atoms with Gasteiger partial charge in [-0.15, -0.1) is 0 Å². The Bertz CT molecular complexity index is 783. The molecule has 0 atom stereocenters. The van der Waals surface area contributed by atoms with Crippen LogP contribution in [0.5, 0.6) is 5.75 Å². The van der Waals surface area contributed by atoms with E-state index >= 15 is 0 Å². The highest BCUT2D eigenvalue weighted by molar-refractivity contribution is 5.93. The Balaban J connectivity index is 2.14. The van der Waals surface area contributed by atoms with Gasteiger partial charge in [0, 0.05) is 6.20 Å². The van der Waals surface area contributed by atoms with Crippen LogP contribution < -0.4 is 4.74 Å². The molecule has 2 rings (SSSR count). The van der Waals surface area contributed by atoms with Gasteiger partial charge in [0.2, 0.25) is 0 Å². The highest BCUT2D eigenvalue weighted by Gasteiger charge is 2.20. The Labute approximate surface area is 171 Å². The van der Waals surface area contributed by atoms with Crippen molar-refractivity contribution in [3.8, 4) is 5.75 Å². The lowest BCUT2D eigenvalue weighted by atomic mass is 10.1. The Morgan fingerprint density at radius 3 is 2.31 bits per heavy atom. The van der Waals surface area contributed by atoms with Crippen molar-refractivity contribution in [1.82, 2.24) is 4.98 Å². The minimum Gasteiger partial charge on any atom is -0.486 e. The fraction of sp³-hybridized carbons (Fsp3) is 0.435. The largest absolute Gasteiger partial charge is 0.486 e. The van der Waals surface area contributed by atoms with E-state index in [0.29, 0.717) is 0 Å². The number of nitrogens with zero attached hydrogens (tertiary/aromatic N) is 1. The maximum Gasteiger partial charge on any atom is 0.358 e. The normalized spacial score (nSPS) is 10.7. The summed E-state index contributed by atoms with van der Waals surface area (Å²) in [5.74, 6) is -1.66. The van der Waals surface area contributed by atoms with Gasteiger partial charge in [-0.2, -0.15) is 0 Å². The van der Waals surface area contributed by atoms with Gasteiger partial charge in [-0.1, -0.05) is 69.9 Å². The van der Waals surface area contributed by atoms with E-state index in [9.17, 15) is 14.7 Å². The van der Waals surface area contributed by atoms with Gasteiger partial charge in [0.15, 0.2) is 11.4 Å². The molecule has 0 aliphatic rings. The fourth-order valence-corrected chi connectivity index (χ4v) is 2.91. The summed E-state index contributed by atoms with van der Waals surface area (Å²) < 4.78 is 11.3. The average molecular weight is 399 g/mol. The molecule has 1 aromatic carbocycles. The summed E-state index contributed by atoms with van der Waals surface area (Å²) >= 11 is 0. The molecule has 0 spiro atoms. The molecule has 1 N–H and O–H groups in total. The molecule has 0 amide bonds. The van der Waals surface area contributed by atoms with Gasteiger partial charge in [0.25, 0.3) is 0 Å². The van der Waals surface area contributed by atoms with Crippen molar-refractivity contribution in [2.24, 2.45) is 0 Å². The number of hydrogen-bond donors (Lipinski definition) is 1. The number of pyridine rings is 1. The molecule has 6 heteroatoms. The molecule has 0 aliphatic carbocycles. The summed E-state index contributed by atoms with van der Waals surface area (Å²) in [7, 11) is 0. The molecule has 0 unspecified atom stereocenters. The standard InChI is InChI=1S/C23H29NO5/c1-3-5-12-19(13-6-4-2)29-23(27)18-14-20(21(22(25)26)24-15-18)28-16-17-10-8-7-9-11-17/h7-11,14-15,19H,3-6,12-13,16H2,1-2H3,(H,25,26). The summed E-state index contributed by atoms with van der Waals surface area (Å²) in [5.41, 5.74) is 0.845. The lowest BCUT2D eigenvalue weighted by molar-refractivity contribution is 0.0249. The van der Waals surface area contributed by atoms with E-state index in [2.05, 4.69) is 18.8 Å². The lowest BCUT2D eigenvalue weighted by Gasteiger charge is -2.18. The van der Waals surface area contributed by atoms with Gasteiger partial charge in [0.1, 0.15) is 12.7 Å². The first-order valence-corrected chi connectivity index (χ1v) is 10.2. The van der Waals surface area contributed by atoms with Gasteiger partial charge in [0.05, 0.1) is 5.56 Å². The number of hydrogen-bond acceptors (Lipinski definition) is 5. The van der Waals surface area contributed by atoms with E-state index in [4.69, 9.17) is 9.47 Å². The fourth-order valence-electron chi connectivity index (χ4n) is 2.91. The number of carbonyl (C=O) groups excluding carboxylic acids is 1. The number of unbranched alkanes of at least 4 members (excludes halogenated alkanes) is 2. The predicted molar refractivity (Wildman–Crippen MR) is 110 cm³/mol. The smallest absolute Gasteiger partial charge is 0.358 e. The summed E-state index contributed by atoms with van der Waals surface area (Å²) in [5, 5.41) is 9.37. The number of carboxylic acids is 1. The molecule has 0 radical (unpaired) electrons. The highest BCUT2D eigenvalue weighted by atomic mass is 16.5. The molecule has 0 aliphatic heterocycles. The molecule has 2 aromatic rings. The third-order valence-corrected chi connectivity index (χ3v) is 4.56. The second kappa shape index (κ2) is 11.8. The molecular formula is C23H29NO5. The van der Waals surface area contributed by atoms with Crippen LogP contribution in [0, 0.1) is 0 Å². The van der Waals surface area contributed by atoms with Crippen LogP contribution in [0.25, 0.3) is 0 Å². The quantitative estimate of drug-likeness (QED) is 0.490. The summed E-state index contributed by atoms with van der Waals surface area (Å²) in [6, 6.07) is 10.8. The van der Waals surface area contributed by atoms with Crippen molar-refractivity contribution in [1.29, 1.82) is 0 Å². The molecule has 1 heterocycles. The van der Waals surface area contributed by atoms with Crippen molar-refractivity contribution < 1.29 is 24.2 Å². The third kappa shape index (κ3) is 7.22. The second-order valence-corrected chi connectivity index (χ2v) is 6.96. The highest BCUT2D eigenvalue weighted by Crippen LogP contribution is 2.22. The number of ether oxygens (including phenoxy) is 2. The molecule has 6 nitrogen and oxygen atoms in total. The first-order valence-electron chi connectivity index (χ1n) is 10.2. The van der Waals surface area contributed by atoms with Crippen molar-refractivity contribution in [3.05, 3.63) is 59.4 Å². The van der Waals surface area contributed by atoms with Crippen molar-refractivity contribution in [3.63, 3.8) is 0 Å². The zero-order valence-electron chi connectivity index (χ0n) is 17.1. The maximum absolute atomic E-state index is 12.6. The van der Waals surface area contributed by atoms with E-state index < -0.39 is 11.9 Å². The molecular weight excluding hydrogens is 370 g/mol. The Morgan fingerprint density at radius 1 is 1.07 bits per heavy atom. The molecule has 1 aromatic heterocycles. The van der Waals surface area contributed by atoms with E-state index in [1.165, 1.54) is 12.3 Å². The average Bonchev–Trinajstić information content (AvgIpc) is 2.74. The number of benzene rings is 1. The van der Waals surface area contributed by atoms with E-state index in [0.717, 1.165) is 44.1 Å². The van der Waals surface area contributed by atoms with Gasteiger partial charge < -0.3 is 14.6 Å². The first-order chi connectivity index (χ1) is 14.0. The van der Waals surface area contributed by atoms with Crippen LogP contribution in [-0.2, 0) is 11.3 Å². The molecule has 29 heavy (non-hydrogen) atoms. The van der Waals surface area contributed by atoms with Crippen molar-refractivity contribution >= 4 is 11.9 Å². The Hall–Kier alpha value is -2.89. The van der Waals surface area contributed by atoms with Crippen LogP contribution in [0.2, 0.25) is 0 Å². The van der Waals surface area contributed by atoms with E-state index in [1.54, 1.807) is 0 Å². The minimum absolute atomic E-state index is 0.0504. The topological polar surface area (TPSA) is 85.7 Å². The van der Waals surface area contributed by atoms with Crippen LogP contribution in [0.1, 0.15) is 78.8 Å². The number of rotatable bonds is 12. The molecule has 0 bridgehead atoms. The van der Waals surface area contributed by atoms with Crippen molar-refractivity contribution in [2.45, 2.75) is 65.1 Å². The molecule has 0 saturated carbocycles. The maximum atomic E-state index is 12.6. The number of carbonyl (C=O) groups is 2. The second-order valence-electron chi connectivity index (χ2n) is 6.96. The van der Waals surface area contributed by atoms with Gasteiger partial charge >= 0.3 is 11.9 Å². The zero-order chi connectivity index (χ0) is 21.1. The SMILES string of the molecule is CCCCC(CCCC)OC(=O)c1cnc(C(=O)O)c(OCc2ccccc2)c1. The van der Waals surface area contributed by atoms with Crippen LogP contribution >= 0.6 is 0 Å². The molecule has 0 saturated heterocycles. The molecule has 156 valence electrons. The molecule has 0 fully saturated rings. The van der Waals surface area contributed by atoms with Gasteiger partial charge in [-0.25, -0.2) is 14.6 Å². The Kier molecular flexibility index (Phi) is 9.15. The van der Waals surface area contributed by atoms with Gasteiger partial charge in [-0.05, 0) is 24.5 Å². The predicted octanol–water partition coefficient (Wildman–Crippen LogP) is 5.26. The van der Waals surface area contributed by atoms with E-state index in [-0.39, 0.29) is 29.7 Å². The summed E-state index contributed by atoms with van der Waals surface area (Å²) in [6.07, 6.45) is 6.78. The third-order valence-electron chi connectivity index (χ3n) is 4.56. The number of aromatic carboxylic acids is 1. The van der Waals surface area contributed by atoms with Crippen LogP contribution in [-0.4, -0.2) is 28.1 Å².